The molecule has 0 aliphatic carbocycles. The van der Waals surface area contributed by atoms with Crippen LogP contribution >= 0.6 is 22.6 Å². The van der Waals surface area contributed by atoms with E-state index >= 15 is 0 Å². The van der Waals surface area contributed by atoms with E-state index < -0.39 is 0 Å². The van der Waals surface area contributed by atoms with Crippen LogP contribution in [0, 0.1) is 11.3 Å². The fourth-order valence-corrected chi connectivity index (χ4v) is 4.06. The first-order chi connectivity index (χ1) is 6.97. The minimum atomic E-state index is -0.378. The van der Waals surface area contributed by atoms with Crippen LogP contribution in [-0.4, -0.2) is 30.2 Å². The zero-order chi connectivity index (χ0) is 11.9. The van der Waals surface area contributed by atoms with Crippen LogP contribution in [0.3, 0.4) is 0 Å². The van der Waals surface area contributed by atoms with Crippen molar-refractivity contribution in [3.05, 3.63) is 0 Å². The summed E-state index contributed by atoms with van der Waals surface area (Å²) < 4.78 is 12.9. The standard InChI is InChI=1S/C10H25IO2Si2/c1-8(7-11)6-10(2,3)9(12-14-4)13-15-5/h8-9H,6-7,14-15H2,1-5H3/t8-/m0/s1. The van der Waals surface area contributed by atoms with Crippen LogP contribution in [0.5, 0.6) is 0 Å². The van der Waals surface area contributed by atoms with E-state index in [0.717, 1.165) is 5.92 Å². The maximum atomic E-state index is 5.84. The van der Waals surface area contributed by atoms with Gasteiger partial charge in [-0.3, -0.25) is 0 Å². The summed E-state index contributed by atoms with van der Waals surface area (Å²) in [6, 6.07) is 0. The van der Waals surface area contributed by atoms with E-state index in [-0.39, 0.29) is 31.2 Å². The first-order valence-electron chi connectivity index (χ1n) is 5.77. The van der Waals surface area contributed by atoms with Crippen LogP contribution in [0.2, 0.25) is 13.1 Å². The third-order valence-corrected chi connectivity index (χ3v) is 5.19. The lowest BCUT2D eigenvalue weighted by Gasteiger charge is -2.36. The SMILES string of the molecule is C[SiH2]OC(O[SiH2]C)C(C)(C)C[C@H](C)CI. The average Bonchev–Trinajstić information content (AvgIpc) is 2.16. The molecule has 0 aromatic heterocycles. The molecule has 0 aliphatic rings. The fraction of sp³-hybridized carbons (Fsp3) is 1.00. The molecule has 0 saturated heterocycles. The lowest BCUT2D eigenvalue weighted by atomic mass is 9.83. The number of alkyl halides is 1. The highest BCUT2D eigenvalue weighted by atomic mass is 127. The lowest BCUT2D eigenvalue weighted by Crippen LogP contribution is -2.37. The molecule has 92 valence electrons. The van der Waals surface area contributed by atoms with Crippen molar-refractivity contribution in [2.24, 2.45) is 11.3 Å². The predicted octanol–water partition coefficient (Wildman–Crippen LogP) is 2.10. The molecule has 0 radical (unpaired) electrons. The van der Waals surface area contributed by atoms with Gasteiger partial charge in [0.1, 0.15) is 6.29 Å². The molecule has 15 heavy (non-hydrogen) atoms. The lowest BCUT2D eigenvalue weighted by molar-refractivity contribution is -0.0860. The summed E-state index contributed by atoms with van der Waals surface area (Å²) in [6.07, 6.45) is 1.24. The summed E-state index contributed by atoms with van der Waals surface area (Å²) in [6.45, 7) is 11.2. The predicted molar refractivity (Wildman–Crippen MR) is 81.2 cm³/mol. The van der Waals surface area contributed by atoms with Gasteiger partial charge in [0.2, 0.25) is 0 Å². The van der Waals surface area contributed by atoms with Gasteiger partial charge in [-0.05, 0) is 12.3 Å². The highest BCUT2D eigenvalue weighted by Crippen LogP contribution is 2.32. The summed E-state index contributed by atoms with van der Waals surface area (Å²) in [5.41, 5.74) is 0.163. The topological polar surface area (TPSA) is 18.5 Å². The van der Waals surface area contributed by atoms with Crippen molar-refractivity contribution in [3.8, 4) is 0 Å². The van der Waals surface area contributed by atoms with Crippen molar-refractivity contribution in [3.63, 3.8) is 0 Å². The molecule has 0 saturated carbocycles. The van der Waals surface area contributed by atoms with Crippen molar-refractivity contribution in [2.45, 2.75) is 46.6 Å². The van der Waals surface area contributed by atoms with Gasteiger partial charge in [-0.1, -0.05) is 56.5 Å². The van der Waals surface area contributed by atoms with Crippen molar-refractivity contribution in [1.82, 2.24) is 0 Å². The van der Waals surface area contributed by atoms with Gasteiger partial charge in [0, 0.05) is 9.84 Å². The van der Waals surface area contributed by atoms with Crippen molar-refractivity contribution < 1.29 is 8.85 Å². The molecule has 0 amide bonds. The number of hydrogen-bond acceptors (Lipinski definition) is 2. The van der Waals surface area contributed by atoms with Gasteiger partial charge in [0.15, 0.2) is 19.5 Å². The molecule has 0 aliphatic heterocycles. The minimum Gasteiger partial charge on any atom is -0.400 e. The van der Waals surface area contributed by atoms with Crippen LogP contribution in [0.15, 0.2) is 0 Å². The Kier molecular flexibility index (Phi) is 8.81. The second-order valence-corrected chi connectivity index (χ2v) is 7.40. The second-order valence-electron chi connectivity index (χ2n) is 4.69. The Morgan fingerprint density at radius 3 is 2.00 bits per heavy atom. The Hall–Kier alpha value is 1.08. The Morgan fingerprint density at radius 1 is 1.20 bits per heavy atom. The van der Waals surface area contributed by atoms with Crippen LogP contribution in [0.4, 0.5) is 0 Å². The molecule has 0 aromatic rings. The number of halogens is 1. The van der Waals surface area contributed by atoms with E-state index in [2.05, 4.69) is 56.5 Å². The van der Waals surface area contributed by atoms with Crippen LogP contribution in [0.1, 0.15) is 27.2 Å². The minimum absolute atomic E-state index is 0.0521. The molecule has 2 nitrogen and oxygen atoms in total. The average molecular weight is 360 g/mol. The zero-order valence-electron chi connectivity index (χ0n) is 10.7. The summed E-state index contributed by atoms with van der Waals surface area (Å²) in [7, 11) is -0.757. The quantitative estimate of drug-likeness (QED) is 0.286. The third kappa shape index (κ3) is 6.40. The third-order valence-electron chi connectivity index (χ3n) is 2.41. The molecule has 0 fully saturated rings. The highest BCUT2D eigenvalue weighted by Gasteiger charge is 2.31. The second kappa shape index (κ2) is 8.22. The van der Waals surface area contributed by atoms with Gasteiger partial charge in [-0.2, -0.15) is 0 Å². The molecular formula is C10H25IO2Si2. The smallest absolute Gasteiger partial charge is 0.161 e. The van der Waals surface area contributed by atoms with Gasteiger partial charge in [0.05, 0.1) is 0 Å². The maximum Gasteiger partial charge on any atom is 0.161 e. The fourth-order valence-electron chi connectivity index (χ4n) is 1.85. The molecule has 0 spiro atoms. The first kappa shape index (κ1) is 16.1. The largest absolute Gasteiger partial charge is 0.400 e. The van der Waals surface area contributed by atoms with E-state index in [4.69, 9.17) is 8.85 Å². The summed E-state index contributed by atoms with van der Waals surface area (Å²) in [5, 5.41) is 0. The molecular weight excluding hydrogens is 335 g/mol. The first-order valence-corrected chi connectivity index (χ1v) is 11.3. The molecule has 0 rings (SSSR count). The molecule has 0 heterocycles. The summed E-state index contributed by atoms with van der Waals surface area (Å²) >= 11 is 2.46. The van der Waals surface area contributed by atoms with Crippen molar-refractivity contribution in [2.75, 3.05) is 4.43 Å². The molecule has 0 unspecified atom stereocenters. The molecule has 1 atom stereocenters. The Balaban J connectivity index is 4.33. The Bertz CT molecular complexity index is 162. The van der Waals surface area contributed by atoms with Gasteiger partial charge < -0.3 is 8.85 Å². The molecule has 0 aromatic carbocycles. The zero-order valence-corrected chi connectivity index (χ0v) is 15.7. The number of hydrogen-bond donors (Lipinski definition) is 0. The Labute approximate surface area is 113 Å². The summed E-state index contributed by atoms with van der Waals surface area (Å²) in [5.74, 6) is 0.743. The normalized spacial score (nSPS) is 18.0. The summed E-state index contributed by atoms with van der Waals surface area (Å²) in [4.78, 5) is 0. The van der Waals surface area contributed by atoms with E-state index in [1.54, 1.807) is 0 Å². The van der Waals surface area contributed by atoms with E-state index in [0.29, 0.717) is 0 Å². The van der Waals surface area contributed by atoms with Gasteiger partial charge in [-0.15, -0.1) is 0 Å². The van der Waals surface area contributed by atoms with E-state index in [9.17, 15) is 0 Å². The van der Waals surface area contributed by atoms with E-state index in [1.165, 1.54) is 10.8 Å². The maximum absolute atomic E-state index is 5.84. The highest BCUT2D eigenvalue weighted by molar-refractivity contribution is 14.1. The van der Waals surface area contributed by atoms with Crippen molar-refractivity contribution in [1.29, 1.82) is 0 Å². The van der Waals surface area contributed by atoms with Crippen molar-refractivity contribution >= 4 is 42.1 Å². The van der Waals surface area contributed by atoms with Gasteiger partial charge in [0.25, 0.3) is 0 Å². The van der Waals surface area contributed by atoms with Crippen LogP contribution < -0.4 is 0 Å². The van der Waals surface area contributed by atoms with Gasteiger partial charge >= 0.3 is 0 Å². The number of rotatable bonds is 8. The monoisotopic (exact) mass is 360 g/mol. The van der Waals surface area contributed by atoms with E-state index in [1.807, 2.05) is 0 Å². The van der Waals surface area contributed by atoms with Crippen LogP contribution in [0.25, 0.3) is 0 Å². The Morgan fingerprint density at radius 2 is 1.67 bits per heavy atom. The van der Waals surface area contributed by atoms with Gasteiger partial charge in [-0.25, -0.2) is 0 Å². The molecule has 0 bridgehead atoms. The molecule has 0 N–H and O–H groups in total. The molecule has 5 heteroatoms. The van der Waals surface area contributed by atoms with Crippen LogP contribution in [-0.2, 0) is 8.85 Å².